The van der Waals surface area contributed by atoms with E-state index in [1.807, 2.05) is 6.07 Å². The molecule has 21 heavy (non-hydrogen) atoms. The third-order valence-corrected chi connectivity index (χ3v) is 4.23. The molecule has 2 N–H and O–H groups in total. The number of anilines is 1. The lowest BCUT2D eigenvalue weighted by atomic mass is 10.2. The molecular formula is C13H11BrN2O4S. The Labute approximate surface area is 132 Å². The lowest BCUT2D eigenvalue weighted by molar-refractivity contribution is -0.384. The molecular weight excluding hydrogens is 360 g/mol. The molecule has 6 nitrogen and oxygen atoms in total. The van der Waals surface area contributed by atoms with Crippen LogP contribution < -0.4 is 5.32 Å². The number of carboxylic acids is 1. The van der Waals surface area contributed by atoms with Gasteiger partial charge in [-0.05, 0) is 24.3 Å². The van der Waals surface area contributed by atoms with Gasteiger partial charge in [0.15, 0.2) is 0 Å². The molecule has 8 heteroatoms. The summed E-state index contributed by atoms with van der Waals surface area (Å²) in [5.41, 5.74) is 0.420. The average molecular weight is 371 g/mol. The van der Waals surface area contributed by atoms with Crippen molar-refractivity contribution >= 4 is 44.6 Å². The van der Waals surface area contributed by atoms with Crippen molar-refractivity contribution in [2.45, 2.75) is 13.0 Å². The fourth-order valence-electron chi connectivity index (χ4n) is 1.75. The summed E-state index contributed by atoms with van der Waals surface area (Å²) in [5.74, 6) is -0.875. The molecule has 0 amide bonds. The molecule has 1 aromatic carbocycles. The van der Waals surface area contributed by atoms with E-state index in [0.717, 1.165) is 9.75 Å². The molecule has 0 radical (unpaired) electrons. The van der Waals surface area contributed by atoms with Gasteiger partial charge in [0, 0.05) is 26.8 Å². The number of nitrogens with one attached hydrogen (secondary N) is 1. The largest absolute Gasteiger partial charge is 0.481 e. The molecule has 1 aromatic heterocycles. The quantitative estimate of drug-likeness (QED) is 0.597. The van der Waals surface area contributed by atoms with Crippen molar-refractivity contribution in [1.29, 1.82) is 0 Å². The molecule has 0 saturated heterocycles. The van der Waals surface area contributed by atoms with Crippen LogP contribution in [-0.4, -0.2) is 16.0 Å². The molecule has 2 rings (SSSR count). The van der Waals surface area contributed by atoms with Gasteiger partial charge >= 0.3 is 5.97 Å². The highest BCUT2D eigenvalue weighted by Gasteiger charge is 2.14. The zero-order chi connectivity index (χ0) is 15.4. The Morgan fingerprint density at radius 3 is 2.71 bits per heavy atom. The van der Waals surface area contributed by atoms with Gasteiger partial charge in [0.2, 0.25) is 0 Å². The van der Waals surface area contributed by atoms with Crippen LogP contribution in [0.5, 0.6) is 0 Å². The molecule has 1 heterocycles. The van der Waals surface area contributed by atoms with E-state index in [2.05, 4.69) is 21.2 Å². The Morgan fingerprint density at radius 1 is 1.33 bits per heavy atom. The van der Waals surface area contributed by atoms with Crippen LogP contribution >= 0.6 is 27.3 Å². The molecule has 0 atom stereocenters. The van der Waals surface area contributed by atoms with Gasteiger partial charge in [0.1, 0.15) is 5.69 Å². The van der Waals surface area contributed by atoms with Crippen molar-refractivity contribution in [3.05, 3.63) is 54.7 Å². The van der Waals surface area contributed by atoms with Crippen molar-refractivity contribution in [2.75, 3.05) is 5.32 Å². The van der Waals surface area contributed by atoms with Gasteiger partial charge in [0.05, 0.1) is 11.3 Å². The summed E-state index contributed by atoms with van der Waals surface area (Å²) in [7, 11) is 0. The number of aliphatic carboxylic acids is 1. The number of hydrogen-bond donors (Lipinski definition) is 2. The summed E-state index contributed by atoms with van der Waals surface area (Å²) >= 11 is 4.58. The van der Waals surface area contributed by atoms with E-state index >= 15 is 0 Å². The van der Waals surface area contributed by atoms with E-state index in [9.17, 15) is 14.9 Å². The van der Waals surface area contributed by atoms with Crippen molar-refractivity contribution in [1.82, 2.24) is 0 Å². The minimum atomic E-state index is -0.875. The number of nitro benzene ring substituents is 1. The number of halogens is 1. The van der Waals surface area contributed by atoms with E-state index in [1.165, 1.54) is 17.4 Å². The molecule has 0 saturated carbocycles. The van der Waals surface area contributed by atoms with Crippen molar-refractivity contribution < 1.29 is 14.8 Å². The third kappa shape index (κ3) is 4.27. The zero-order valence-corrected chi connectivity index (χ0v) is 13.1. The summed E-state index contributed by atoms with van der Waals surface area (Å²) < 4.78 is 0.639. The first-order valence-corrected chi connectivity index (χ1v) is 7.54. The number of thiophene rings is 1. The topological polar surface area (TPSA) is 92.5 Å². The standard InChI is InChI=1S/C13H11BrN2O4S/c14-8-1-4-11(12(5-8)16(19)20)15-7-10-3-2-9(21-10)6-13(17)18/h1-5,15H,6-7H2,(H,17,18). The third-order valence-electron chi connectivity index (χ3n) is 2.65. The predicted molar refractivity (Wildman–Crippen MR) is 83.8 cm³/mol. The minimum Gasteiger partial charge on any atom is -0.481 e. The summed E-state index contributed by atoms with van der Waals surface area (Å²) in [6.45, 7) is 0.409. The van der Waals surface area contributed by atoms with Gasteiger partial charge in [-0.1, -0.05) is 15.9 Å². The lowest BCUT2D eigenvalue weighted by Gasteiger charge is -2.06. The first-order valence-electron chi connectivity index (χ1n) is 5.93. The SMILES string of the molecule is O=C(O)Cc1ccc(CNc2ccc(Br)cc2[N+](=O)[O-])s1. The number of nitrogens with zero attached hydrogens (tertiary/aromatic N) is 1. The van der Waals surface area contributed by atoms with E-state index < -0.39 is 10.9 Å². The maximum atomic E-state index is 11.0. The van der Waals surface area contributed by atoms with Gasteiger partial charge in [-0.3, -0.25) is 14.9 Å². The molecule has 0 aliphatic heterocycles. The van der Waals surface area contributed by atoms with Crippen LogP contribution in [0.15, 0.2) is 34.8 Å². The van der Waals surface area contributed by atoms with Gasteiger partial charge in [-0.2, -0.15) is 0 Å². The molecule has 0 fully saturated rings. The van der Waals surface area contributed by atoms with E-state index in [-0.39, 0.29) is 12.1 Å². The van der Waals surface area contributed by atoms with Crippen LogP contribution in [0.2, 0.25) is 0 Å². The fraction of sp³-hybridized carbons (Fsp3) is 0.154. The van der Waals surface area contributed by atoms with Crippen LogP contribution in [0.4, 0.5) is 11.4 Å². The van der Waals surface area contributed by atoms with E-state index in [0.29, 0.717) is 16.7 Å². The first kappa shape index (κ1) is 15.5. The van der Waals surface area contributed by atoms with Gasteiger partial charge in [0.25, 0.3) is 5.69 Å². The van der Waals surface area contributed by atoms with Gasteiger partial charge in [-0.25, -0.2) is 0 Å². The maximum absolute atomic E-state index is 11.0. The maximum Gasteiger partial charge on any atom is 0.308 e. The second-order valence-electron chi connectivity index (χ2n) is 4.21. The average Bonchev–Trinajstić information content (AvgIpc) is 2.83. The van der Waals surface area contributed by atoms with Crippen molar-refractivity contribution in [3.63, 3.8) is 0 Å². The van der Waals surface area contributed by atoms with Crippen molar-refractivity contribution in [2.24, 2.45) is 0 Å². The monoisotopic (exact) mass is 370 g/mol. The number of carboxylic acid groups (broad SMARTS) is 1. The fourth-order valence-corrected chi connectivity index (χ4v) is 3.05. The van der Waals surface area contributed by atoms with Gasteiger partial charge in [-0.15, -0.1) is 11.3 Å². The first-order chi connectivity index (χ1) is 9.95. The number of carbonyl (C=O) groups is 1. The molecule has 0 bridgehead atoms. The molecule has 110 valence electrons. The number of benzene rings is 1. The highest BCUT2D eigenvalue weighted by molar-refractivity contribution is 9.10. The van der Waals surface area contributed by atoms with Gasteiger partial charge < -0.3 is 10.4 Å². The summed E-state index contributed by atoms with van der Waals surface area (Å²) in [6, 6.07) is 8.37. The van der Waals surface area contributed by atoms with E-state index in [1.54, 1.807) is 18.2 Å². The van der Waals surface area contributed by atoms with Crippen LogP contribution in [0.1, 0.15) is 9.75 Å². The Bertz CT molecular complexity index is 687. The number of rotatable bonds is 6. The summed E-state index contributed by atoms with van der Waals surface area (Å²) in [4.78, 5) is 22.8. The van der Waals surface area contributed by atoms with Crippen LogP contribution in [-0.2, 0) is 17.8 Å². The highest BCUT2D eigenvalue weighted by atomic mass is 79.9. The molecule has 0 spiro atoms. The molecule has 0 aliphatic rings. The summed E-state index contributed by atoms with van der Waals surface area (Å²) in [5, 5.41) is 22.7. The number of nitro groups is 1. The molecule has 0 unspecified atom stereocenters. The molecule has 2 aromatic rings. The Balaban J connectivity index is 2.08. The number of hydrogen-bond acceptors (Lipinski definition) is 5. The van der Waals surface area contributed by atoms with Crippen LogP contribution in [0.3, 0.4) is 0 Å². The predicted octanol–water partition coefficient (Wildman–Crippen LogP) is 3.66. The highest BCUT2D eigenvalue weighted by Crippen LogP contribution is 2.29. The zero-order valence-electron chi connectivity index (χ0n) is 10.7. The second kappa shape index (κ2) is 6.68. The lowest BCUT2D eigenvalue weighted by Crippen LogP contribution is -2.01. The summed E-state index contributed by atoms with van der Waals surface area (Å²) in [6.07, 6.45) is -0.0108. The normalized spacial score (nSPS) is 10.3. The second-order valence-corrected chi connectivity index (χ2v) is 6.38. The van der Waals surface area contributed by atoms with Crippen LogP contribution in [0.25, 0.3) is 0 Å². The van der Waals surface area contributed by atoms with E-state index in [4.69, 9.17) is 5.11 Å². The minimum absolute atomic E-state index is 0.00769. The smallest absolute Gasteiger partial charge is 0.308 e. The Morgan fingerprint density at radius 2 is 2.05 bits per heavy atom. The Kier molecular flexibility index (Phi) is 4.92. The Hall–Kier alpha value is -1.93. The van der Waals surface area contributed by atoms with Crippen LogP contribution in [0, 0.1) is 10.1 Å². The molecule has 0 aliphatic carbocycles. The van der Waals surface area contributed by atoms with Crippen molar-refractivity contribution in [3.8, 4) is 0 Å².